The van der Waals surface area contributed by atoms with E-state index in [0.717, 1.165) is 25.2 Å². The number of halogens is 2. The van der Waals surface area contributed by atoms with E-state index in [1.807, 2.05) is 12.1 Å². The van der Waals surface area contributed by atoms with Crippen molar-refractivity contribution in [1.82, 2.24) is 14.5 Å². The van der Waals surface area contributed by atoms with Crippen molar-refractivity contribution in [1.29, 1.82) is 0 Å². The number of nitrogens with one attached hydrogen (secondary N) is 1. The van der Waals surface area contributed by atoms with Crippen molar-refractivity contribution < 1.29 is 13.2 Å². The summed E-state index contributed by atoms with van der Waals surface area (Å²) >= 11 is 12.0. The van der Waals surface area contributed by atoms with Crippen molar-refractivity contribution in [3.63, 3.8) is 0 Å². The molecule has 0 bridgehead atoms. The number of amides is 1. The summed E-state index contributed by atoms with van der Waals surface area (Å²) < 4.78 is 27.5. The van der Waals surface area contributed by atoms with Crippen LogP contribution in [-0.2, 0) is 33.7 Å². The molecule has 1 amide bonds. The van der Waals surface area contributed by atoms with E-state index in [9.17, 15) is 13.2 Å². The fraction of sp³-hybridized carbons (Fsp3) is 0.500. The maximum Gasteiger partial charge on any atom is 0.224 e. The SMILES string of the molecule is O=C(NCc1cccc(CN2CCCCC2)c1)[C@H]1CCCN(S(=O)(=O)Cc2ccc(Cl)c(Cl)c2)C1. The fourth-order valence-corrected chi connectivity index (χ4v) is 6.81. The average molecular weight is 539 g/mol. The summed E-state index contributed by atoms with van der Waals surface area (Å²) in [6.07, 6.45) is 5.18. The standard InChI is InChI=1S/C26H33Cl2N3O3S/c27-24-10-9-22(15-25(24)28)19-35(33,34)31-13-5-8-23(18-31)26(32)29-16-20-6-4-7-21(14-20)17-30-11-2-1-3-12-30/h4,6-7,9-10,14-15,23H,1-3,5,8,11-13,16-19H2,(H,29,32)/t23-/m0/s1. The van der Waals surface area contributed by atoms with Gasteiger partial charge in [-0.1, -0.05) is 60.0 Å². The topological polar surface area (TPSA) is 69.7 Å². The predicted octanol–water partition coefficient (Wildman–Crippen LogP) is 4.84. The third-order valence-corrected chi connectivity index (χ3v) is 9.35. The lowest BCUT2D eigenvalue weighted by molar-refractivity contribution is -0.126. The number of benzene rings is 2. The van der Waals surface area contributed by atoms with Gasteiger partial charge in [-0.25, -0.2) is 12.7 Å². The van der Waals surface area contributed by atoms with Crippen LogP contribution in [0.4, 0.5) is 0 Å². The van der Waals surface area contributed by atoms with Gasteiger partial charge in [0.1, 0.15) is 0 Å². The zero-order valence-electron chi connectivity index (χ0n) is 19.9. The Bertz CT molecular complexity index is 1140. The Labute approximate surface area is 218 Å². The van der Waals surface area contributed by atoms with Gasteiger partial charge in [0, 0.05) is 26.2 Å². The first-order valence-electron chi connectivity index (χ1n) is 12.3. The molecule has 0 saturated carbocycles. The molecule has 0 aromatic heterocycles. The fourth-order valence-electron chi connectivity index (χ4n) is 4.89. The molecular formula is C26H33Cl2N3O3S. The van der Waals surface area contributed by atoms with Gasteiger partial charge >= 0.3 is 0 Å². The number of hydrogen-bond donors (Lipinski definition) is 1. The second-order valence-corrected chi connectivity index (χ2v) is 12.4. The summed E-state index contributed by atoms with van der Waals surface area (Å²) in [6.45, 7) is 4.30. The second-order valence-electron chi connectivity index (χ2n) is 9.58. The molecule has 0 spiro atoms. The van der Waals surface area contributed by atoms with Gasteiger partial charge in [-0.15, -0.1) is 0 Å². The van der Waals surface area contributed by atoms with Gasteiger partial charge in [-0.05, 0) is 67.6 Å². The van der Waals surface area contributed by atoms with Gasteiger partial charge in [-0.2, -0.15) is 0 Å². The third-order valence-electron chi connectivity index (χ3n) is 6.79. The van der Waals surface area contributed by atoms with E-state index in [1.165, 1.54) is 29.1 Å². The lowest BCUT2D eigenvalue weighted by Crippen LogP contribution is -2.45. The zero-order chi connectivity index (χ0) is 24.8. The minimum Gasteiger partial charge on any atom is -0.352 e. The van der Waals surface area contributed by atoms with Crippen LogP contribution in [0.1, 0.15) is 48.8 Å². The van der Waals surface area contributed by atoms with Crippen molar-refractivity contribution in [3.05, 3.63) is 69.2 Å². The molecule has 2 fully saturated rings. The highest BCUT2D eigenvalue weighted by Gasteiger charge is 2.32. The third kappa shape index (κ3) is 7.43. The maximum absolute atomic E-state index is 13.0. The molecule has 1 atom stereocenters. The van der Waals surface area contributed by atoms with Crippen LogP contribution in [0.25, 0.3) is 0 Å². The number of carbonyl (C=O) groups is 1. The van der Waals surface area contributed by atoms with Crippen LogP contribution in [0.5, 0.6) is 0 Å². The van der Waals surface area contributed by atoms with Crippen LogP contribution in [0.15, 0.2) is 42.5 Å². The van der Waals surface area contributed by atoms with E-state index in [-0.39, 0.29) is 24.1 Å². The lowest BCUT2D eigenvalue weighted by atomic mass is 9.98. The normalized spacial score (nSPS) is 20.0. The minimum absolute atomic E-state index is 0.0964. The van der Waals surface area contributed by atoms with Crippen LogP contribution in [-0.4, -0.2) is 49.7 Å². The molecule has 2 aromatic rings. The Morgan fingerprint density at radius 3 is 2.46 bits per heavy atom. The van der Waals surface area contributed by atoms with E-state index >= 15 is 0 Å². The van der Waals surface area contributed by atoms with Gasteiger partial charge in [0.25, 0.3) is 0 Å². The summed E-state index contributed by atoms with van der Waals surface area (Å²) in [5, 5.41) is 3.75. The highest BCUT2D eigenvalue weighted by Crippen LogP contribution is 2.26. The quantitative estimate of drug-likeness (QED) is 0.523. The van der Waals surface area contributed by atoms with E-state index in [2.05, 4.69) is 22.3 Å². The predicted molar refractivity (Wildman–Crippen MR) is 141 cm³/mol. The maximum atomic E-state index is 13.0. The Kier molecular flexibility index (Phi) is 9.11. The summed E-state index contributed by atoms with van der Waals surface area (Å²) in [5.41, 5.74) is 2.90. The van der Waals surface area contributed by atoms with E-state index < -0.39 is 10.0 Å². The van der Waals surface area contributed by atoms with Crippen molar-refractivity contribution in [3.8, 4) is 0 Å². The van der Waals surface area contributed by atoms with E-state index in [4.69, 9.17) is 23.2 Å². The number of hydrogen-bond acceptors (Lipinski definition) is 4. The highest BCUT2D eigenvalue weighted by atomic mass is 35.5. The smallest absolute Gasteiger partial charge is 0.224 e. The molecule has 1 N–H and O–H groups in total. The second kappa shape index (κ2) is 12.1. The van der Waals surface area contributed by atoms with Crippen LogP contribution >= 0.6 is 23.2 Å². The first kappa shape index (κ1) is 26.4. The number of nitrogens with zero attached hydrogens (tertiary/aromatic N) is 2. The molecule has 190 valence electrons. The first-order valence-corrected chi connectivity index (χ1v) is 14.7. The Morgan fingerprint density at radius 1 is 0.914 bits per heavy atom. The highest BCUT2D eigenvalue weighted by molar-refractivity contribution is 7.88. The molecule has 0 unspecified atom stereocenters. The molecule has 9 heteroatoms. The van der Waals surface area contributed by atoms with Crippen molar-refractivity contribution >= 4 is 39.1 Å². The van der Waals surface area contributed by atoms with Gasteiger partial charge in [-0.3, -0.25) is 9.69 Å². The molecule has 35 heavy (non-hydrogen) atoms. The Morgan fingerprint density at radius 2 is 1.69 bits per heavy atom. The first-order chi connectivity index (χ1) is 16.8. The number of carbonyl (C=O) groups excluding carboxylic acids is 1. The zero-order valence-corrected chi connectivity index (χ0v) is 22.2. The molecule has 0 aliphatic carbocycles. The van der Waals surface area contributed by atoms with Crippen molar-refractivity contribution in [2.45, 2.75) is 50.9 Å². The molecule has 0 radical (unpaired) electrons. The minimum atomic E-state index is -3.57. The van der Waals surface area contributed by atoms with E-state index in [0.29, 0.717) is 41.5 Å². The molecule has 2 heterocycles. The number of rotatable bonds is 8. The molecule has 4 rings (SSSR count). The van der Waals surface area contributed by atoms with Gasteiger partial charge in [0.15, 0.2) is 0 Å². The van der Waals surface area contributed by atoms with Crippen molar-refractivity contribution in [2.24, 2.45) is 5.92 Å². The number of sulfonamides is 1. The Hall–Kier alpha value is -1.64. The largest absolute Gasteiger partial charge is 0.352 e. The molecule has 2 aromatic carbocycles. The van der Waals surface area contributed by atoms with Gasteiger partial charge in [0.2, 0.25) is 15.9 Å². The molecule has 6 nitrogen and oxygen atoms in total. The summed E-state index contributed by atoms with van der Waals surface area (Å²) in [6, 6.07) is 13.2. The Balaban J connectivity index is 1.31. The van der Waals surface area contributed by atoms with Crippen LogP contribution in [0.2, 0.25) is 10.0 Å². The van der Waals surface area contributed by atoms with Crippen LogP contribution in [0.3, 0.4) is 0 Å². The molecular weight excluding hydrogens is 505 g/mol. The summed E-state index contributed by atoms with van der Waals surface area (Å²) in [7, 11) is -3.57. The summed E-state index contributed by atoms with van der Waals surface area (Å²) in [5.74, 6) is -0.619. The van der Waals surface area contributed by atoms with Gasteiger partial charge < -0.3 is 5.32 Å². The number of likely N-dealkylation sites (tertiary alicyclic amines) is 1. The molecule has 2 aliphatic heterocycles. The lowest BCUT2D eigenvalue weighted by Gasteiger charge is -2.31. The van der Waals surface area contributed by atoms with Crippen LogP contribution < -0.4 is 5.32 Å². The van der Waals surface area contributed by atoms with Gasteiger partial charge in [0.05, 0.1) is 21.7 Å². The van der Waals surface area contributed by atoms with Crippen LogP contribution in [0, 0.1) is 5.92 Å². The number of piperidine rings is 2. The molecule has 2 saturated heterocycles. The monoisotopic (exact) mass is 537 g/mol. The summed E-state index contributed by atoms with van der Waals surface area (Å²) in [4.78, 5) is 15.4. The van der Waals surface area contributed by atoms with Crippen molar-refractivity contribution in [2.75, 3.05) is 26.2 Å². The average Bonchev–Trinajstić information content (AvgIpc) is 2.85. The molecule has 2 aliphatic rings. The van der Waals surface area contributed by atoms with E-state index in [1.54, 1.807) is 18.2 Å².